The van der Waals surface area contributed by atoms with Crippen molar-refractivity contribution < 1.29 is 4.79 Å². The van der Waals surface area contributed by atoms with E-state index in [1.54, 1.807) is 0 Å². The topological polar surface area (TPSA) is 29.1 Å². The van der Waals surface area contributed by atoms with Gasteiger partial charge in [0.25, 0.3) is 0 Å². The molecule has 0 bridgehead atoms. The zero-order valence-corrected chi connectivity index (χ0v) is 11.7. The fourth-order valence-electron chi connectivity index (χ4n) is 3.06. The molecule has 0 heterocycles. The number of amides is 1. The zero-order valence-electron chi connectivity index (χ0n) is 11.7. The lowest BCUT2D eigenvalue weighted by molar-refractivity contribution is -0.122. The number of carbonyl (C=O) groups excluding carboxylic acids is 1. The standard InChI is InChI=1S/C18H19NO/c1-18(12-11-15-9-5-6-10-16(15)18)19-17(20)13-14-7-3-2-4-8-14/h2-10H,11-13H2,1H3,(H,19,20). The third-order valence-corrected chi connectivity index (χ3v) is 4.13. The van der Waals surface area contributed by atoms with Crippen molar-refractivity contribution in [3.05, 3.63) is 71.3 Å². The average molecular weight is 265 g/mol. The Labute approximate surface area is 119 Å². The summed E-state index contributed by atoms with van der Waals surface area (Å²) in [5.41, 5.74) is 3.46. The molecule has 1 aliphatic rings. The van der Waals surface area contributed by atoms with E-state index >= 15 is 0 Å². The molecule has 0 aliphatic heterocycles. The maximum Gasteiger partial charge on any atom is 0.225 e. The molecule has 2 aromatic rings. The van der Waals surface area contributed by atoms with Crippen molar-refractivity contribution >= 4 is 5.91 Å². The lowest BCUT2D eigenvalue weighted by atomic mass is 9.93. The number of fused-ring (bicyclic) bond motifs is 1. The quantitative estimate of drug-likeness (QED) is 0.907. The fraction of sp³-hybridized carbons (Fsp3) is 0.278. The van der Waals surface area contributed by atoms with Crippen LogP contribution in [0.2, 0.25) is 0 Å². The van der Waals surface area contributed by atoms with Gasteiger partial charge in [0.1, 0.15) is 0 Å². The molecule has 0 saturated heterocycles. The third-order valence-electron chi connectivity index (χ3n) is 4.13. The molecule has 20 heavy (non-hydrogen) atoms. The predicted molar refractivity (Wildman–Crippen MR) is 80.4 cm³/mol. The molecule has 0 aromatic heterocycles. The minimum absolute atomic E-state index is 0.0930. The average Bonchev–Trinajstić information content (AvgIpc) is 2.78. The maximum atomic E-state index is 12.3. The van der Waals surface area contributed by atoms with E-state index in [0.717, 1.165) is 18.4 Å². The van der Waals surface area contributed by atoms with Gasteiger partial charge in [-0.15, -0.1) is 0 Å². The van der Waals surface area contributed by atoms with E-state index in [1.165, 1.54) is 11.1 Å². The first-order valence-electron chi connectivity index (χ1n) is 7.11. The van der Waals surface area contributed by atoms with E-state index in [4.69, 9.17) is 0 Å². The van der Waals surface area contributed by atoms with Crippen LogP contribution in [0.15, 0.2) is 54.6 Å². The first-order chi connectivity index (χ1) is 9.67. The minimum Gasteiger partial charge on any atom is -0.347 e. The van der Waals surface area contributed by atoms with Gasteiger partial charge in [0, 0.05) is 0 Å². The molecule has 0 fully saturated rings. The number of carbonyl (C=O) groups is 1. The second-order valence-electron chi connectivity index (χ2n) is 5.70. The van der Waals surface area contributed by atoms with E-state index in [9.17, 15) is 4.79 Å². The summed E-state index contributed by atoms with van der Waals surface area (Å²) in [5, 5.41) is 3.22. The highest BCUT2D eigenvalue weighted by atomic mass is 16.1. The Morgan fingerprint density at radius 2 is 1.80 bits per heavy atom. The summed E-state index contributed by atoms with van der Waals surface area (Å²) < 4.78 is 0. The Kier molecular flexibility index (Phi) is 3.31. The molecule has 1 aliphatic carbocycles. The van der Waals surface area contributed by atoms with Crippen molar-refractivity contribution in [3.63, 3.8) is 0 Å². The van der Waals surface area contributed by atoms with E-state index in [-0.39, 0.29) is 11.4 Å². The molecular formula is C18H19NO. The molecule has 1 atom stereocenters. The minimum atomic E-state index is -0.220. The van der Waals surface area contributed by atoms with Crippen LogP contribution in [-0.4, -0.2) is 5.91 Å². The fourth-order valence-corrected chi connectivity index (χ4v) is 3.06. The van der Waals surface area contributed by atoms with Gasteiger partial charge < -0.3 is 5.32 Å². The molecule has 2 nitrogen and oxygen atoms in total. The van der Waals surface area contributed by atoms with Crippen molar-refractivity contribution in [3.8, 4) is 0 Å². The number of hydrogen-bond donors (Lipinski definition) is 1. The summed E-state index contributed by atoms with van der Waals surface area (Å²) in [6.45, 7) is 2.13. The van der Waals surface area contributed by atoms with Crippen LogP contribution in [0.5, 0.6) is 0 Å². The van der Waals surface area contributed by atoms with Gasteiger partial charge in [0.15, 0.2) is 0 Å². The number of nitrogens with one attached hydrogen (secondary N) is 1. The highest BCUT2D eigenvalue weighted by Crippen LogP contribution is 2.36. The molecule has 3 rings (SSSR count). The summed E-state index contributed by atoms with van der Waals surface area (Å²) >= 11 is 0. The van der Waals surface area contributed by atoms with Gasteiger partial charge >= 0.3 is 0 Å². The van der Waals surface area contributed by atoms with Crippen molar-refractivity contribution in [2.45, 2.75) is 31.7 Å². The summed E-state index contributed by atoms with van der Waals surface area (Å²) in [6, 6.07) is 18.3. The van der Waals surface area contributed by atoms with Crippen LogP contribution in [0.3, 0.4) is 0 Å². The first-order valence-corrected chi connectivity index (χ1v) is 7.11. The Morgan fingerprint density at radius 3 is 2.60 bits per heavy atom. The molecule has 0 radical (unpaired) electrons. The lowest BCUT2D eigenvalue weighted by Gasteiger charge is -2.27. The predicted octanol–water partition coefficient (Wildman–Crippen LogP) is 3.21. The molecule has 102 valence electrons. The van der Waals surface area contributed by atoms with Crippen LogP contribution in [0.1, 0.15) is 30.0 Å². The van der Waals surface area contributed by atoms with E-state index in [0.29, 0.717) is 6.42 Å². The SMILES string of the molecule is CC1(NC(=O)Cc2ccccc2)CCc2ccccc21. The van der Waals surface area contributed by atoms with Crippen LogP contribution in [0.25, 0.3) is 0 Å². The second kappa shape index (κ2) is 5.12. The first kappa shape index (κ1) is 12.9. The zero-order chi connectivity index (χ0) is 14.0. The molecule has 0 saturated carbocycles. The number of benzene rings is 2. The summed E-state index contributed by atoms with van der Waals surface area (Å²) in [4.78, 5) is 12.3. The van der Waals surface area contributed by atoms with Crippen LogP contribution in [0.4, 0.5) is 0 Å². The lowest BCUT2D eigenvalue weighted by Crippen LogP contribution is -2.42. The van der Waals surface area contributed by atoms with Crippen molar-refractivity contribution in [1.82, 2.24) is 5.32 Å². The van der Waals surface area contributed by atoms with Gasteiger partial charge in [0.05, 0.1) is 12.0 Å². The Balaban J connectivity index is 1.74. The van der Waals surface area contributed by atoms with E-state index in [1.807, 2.05) is 36.4 Å². The van der Waals surface area contributed by atoms with Crippen LogP contribution in [-0.2, 0) is 23.2 Å². The van der Waals surface area contributed by atoms with Crippen LogP contribution < -0.4 is 5.32 Å². The van der Waals surface area contributed by atoms with Gasteiger partial charge in [-0.2, -0.15) is 0 Å². The van der Waals surface area contributed by atoms with Gasteiger partial charge in [-0.25, -0.2) is 0 Å². The maximum absolute atomic E-state index is 12.3. The van der Waals surface area contributed by atoms with Gasteiger partial charge in [-0.1, -0.05) is 54.6 Å². The summed E-state index contributed by atoms with van der Waals surface area (Å²) in [6.07, 6.45) is 2.46. The normalized spacial score (nSPS) is 20.4. The highest BCUT2D eigenvalue weighted by Gasteiger charge is 2.35. The van der Waals surface area contributed by atoms with Gasteiger partial charge in [-0.3, -0.25) is 4.79 Å². The van der Waals surface area contributed by atoms with Gasteiger partial charge in [0.2, 0.25) is 5.91 Å². The van der Waals surface area contributed by atoms with Crippen molar-refractivity contribution in [1.29, 1.82) is 0 Å². The Hall–Kier alpha value is -2.09. The van der Waals surface area contributed by atoms with Crippen molar-refractivity contribution in [2.24, 2.45) is 0 Å². The molecule has 2 aromatic carbocycles. The molecule has 1 amide bonds. The summed E-state index contributed by atoms with van der Waals surface area (Å²) in [7, 11) is 0. The molecule has 2 heteroatoms. The van der Waals surface area contributed by atoms with E-state index < -0.39 is 0 Å². The molecule has 1 unspecified atom stereocenters. The van der Waals surface area contributed by atoms with Crippen LogP contribution >= 0.6 is 0 Å². The van der Waals surface area contributed by atoms with Gasteiger partial charge in [-0.05, 0) is 36.5 Å². The molecular weight excluding hydrogens is 246 g/mol. The number of aryl methyl sites for hydroxylation is 1. The summed E-state index contributed by atoms with van der Waals surface area (Å²) in [5.74, 6) is 0.0930. The second-order valence-corrected chi connectivity index (χ2v) is 5.70. The monoisotopic (exact) mass is 265 g/mol. The van der Waals surface area contributed by atoms with E-state index in [2.05, 4.69) is 30.4 Å². The highest BCUT2D eigenvalue weighted by molar-refractivity contribution is 5.79. The largest absolute Gasteiger partial charge is 0.347 e. The smallest absolute Gasteiger partial charge is 0.225 e. The Morgan fingerprint density at radius 1 is 1.10 bits per heavy atom. The Bertz CT molecular complexity index is 620. The number of hydrogen-bond acceptors (Lipinski definition) is 1. The third kappa shape index (κ3) is 2.46. The number of rotatable bonds is 3. The van der Waals surface area contributed by atoms with Crippen molar-refractivity contribution in [2.75, 3.05) is 0 Å². The molecule has 0 spiro atoms. The molecule has 1 N–H and O–H groups in total. The van der Waals surface area contributed by atoms with Crippen LogP contribution in [0, 0.1) is 0 Å².